The lowest BCUT2D eigenvalue weighted by Gasteiger charge is -2.24. The van der Waals surface area contributed by atoms with E-state index < -0.39 is 35.5 Å². The molecule has 14 nitrogen and oxygen atoms in total. The van der Waals surface area contributed by atoms with Gasteiger partial charge in [-0.1, -0.05) is 54.1 Å². The number of nitrogens with one attached hydrogen (secondary N) is 1. The molecule has 2 atom stereocenters. The number of fused-ring (bicyclic) bond motifs is 1. The van der Waals surface area contributed by atoms with Gasteiger partial charge in [-0.3, -0.25) is 14.9 Å². The molecule has 0 aliphatic heterocycles. The van der Waals surface area contributed by atoms with E-state index in [2.05, 4.69) is 20.3 Å². The van der Waals surface area contributed by atoms with Crippen molar-refractivity contribution < 1.29 is 47.2 Å². The van der Waals surface area contributed by atoms with Gasteiger partial charge in [0.15, 0.2) is 12.1 Å². The average molecular weight is 977 g/mol. The molecule has 1 N–H and O–H groups in total. The maximum atomic E-state index is 14.3. The summed E-state index contributed by atoms with van der Waals surface area (Å²) in [5.74, 6) is -0.00983. The maximum Gasteiger partial charge on any atom is 0.347 e. The lowest BCUT2D eigenvalue weighted by Crippen LogP contribution is -2.43. The predicted octanol–water partition coefficient (Wildman–Crippen LogP) is 9.98. The molecule has 0 saturated carbocycles. The third-order valence-electron chi connectivity index (χ3n) is 10.7. The van der Waals surface area contributed by atoms with E-state index in [1.54, 1.807) is 84.3 Å². The van der Waals surface area contributed by atoms with Crippen molar-refractivity contribution in [3.05, 3.63) is 136 Å². The van der Waals surface area contributed by atoms with E-state index in [0.717, 1.165) is 5.56 Å². The fourth-order valence-electron chi connectivity index (χ4n) is 7.49. The normalized spacial score (nSPS) is 12.3. The van der Waals surface area contributed by atoms with Gasteiger partial charge >= 0.3 is 11.9 Å². The van der Waals surface area contributed by atoms with Crippen molar-refractivity contribution in [2.75, 3.05) is 27.4 Å². The van der Waals surface area contributed by atoms with Gasteiger partial charge in [0.2, 0.25) is 12.0 Å². The van der Waals surface area contributed by atoms with Gasteiger partial charge < -0.3 is 28.4 Å². The van der Waals surface area contributed by atoms with Crippen LogP contribution in [0, 0.1) is 12.7 Å². The van der Waals surface area contributed by atoms with Crippen molar-refractivity contribution in [2.24, 2.45) is 0 Å². The Hall–Kier alpha value is -6.85. The number of hydrogen-bond acceptors (Lipinski definition) is 15. The minimum Gasteiger partial charge on any atom is -0.496 e. The minimum atomic E-state index is -1.29. The minimum absolute atomic E-state index is 0.0243. The number of ether oxygens (including phenoxy) is 6. The summed E-state index contributed by atoms with van der Waals surface area (Å²) >= 11 is 8.08. The van der Waals surface area contributed by atoms with Crippen molar-refractivity contribution >= 4 is 51.4 Å². The summed E-state index contributed by atoms with van der Waals surface area (Å²) in [6, 6.07) is 23.3. The largest absolute Gasteiger partial charge is 0.496 e. The van der Waals surface area contributed by atoms with Gasteiger partial charge in [-0.05, 0) is 105 Å². The van der Waals surface area contributed by atoms with Crippen LogP contribution in [0.5, 0.6) is 17.4 Å². The first-order valence-electron chi connectivity index (χ1n) is 22.0. The molecule has 358 valence electrons. The van der Waals surface area contributed by atoms with E-state index in [0.29, 0.717) is 83.3 Å². The standard InChI is InChI=1S/C52H51ClFN5O9S/c1-8-65-51(62)42(67-48-44-43(37-19-16-33(26-60)45(53)30(37)2)46(69-49(44)58-29-57-48)32-14-17-35(54)18-15-32)24-34-23-31(25-56-39(28-63-6)50(61)68-52(3,4)5)13-20-40(34)66-27-36-21-22-55-47(59-36)38-11-9-10-12-41(38)64-7/h9-23,26,29,39,42,56H,8,24-25,27-28H2,1-7H3. The van der Waals surface area contributed by atoms with Crippen LogP contribution in [0.25, 0.3) is 43.2 Å². The number of carbonyl (C=O) groups excluding carboxylic acids is 3. The molecule has 4 aromatic carbocycles. The second kappa shape index (κ2) is 22.5. The number of halogens is 2. The molecule has 7 rings (SSSR count). The van der Waals surface area contributed by atoms with Crippen molar-refractivity contribution in [1.29, 1.82) is 0 Å². The van der Waals surface area contributed by atoms with Crippen LogP contribution in [0.2, 0.25) is 5.02 Å². The molecule has 0 aliphatic carbocycles. The number of thiophene rings is 1. The SMILES string of the molecule is CCOC(=O)C(Cc1cc(CNC(COC)C(=O)OC(C)(C)C)ccc1OCc1ccnc(-c2ccccc2OC)n1)Oc1ncnc2sc(-c3ccc(F)cc3)c(-c3ccc(C=O)c(Cl)c3C)c12. The second-order valence-corrected chi connectivity index (χ2v) is 18.1. The first kappa shape index (κ1) is 50.0. The number of hydrogen-bond donors (Lipinski definition) is 1. The smallest absolute Gasteiger partial charge is 0.347 e. The van der Waals surface area contributed by atoms with Crippen molar-refractivity contribution in [3.8, 4) is 50.3 Å². The van der Waals surface area contributed by atoms with Gasteiger partial charge in [0.1, 0.15) is 46.7 Å². The molecule has 69 heavy (non-hydrogen) atoms. The van der Waals surface area contributed by atoms with Gasteiger partial charge in [0.25, 0.3) is 0 Å². The fraction of sp³-hybridized carbons (Fsp3) is 0.288. The van der Waals surface area contributed by atoms with Gasteiger partial charge in [-0.2, -0.15) is 0 Å². The number of aromatic nitrogens is 4. The Morgan fingerprint density at radius 3 is 2.43 bits per heavy atom. The number of benzene rings is 4. The molecule has 3 aromatic heterocycles. The molecule has 0 bridgehead atoms. The third-order valence-corrected chi connectivity index (χ3v) is 12.4. The topological polar surface area (TPSA) is 170 Å². The summed E-state index contributed by atoms with van der Waals surface area (Å²) in [5.41, 5.74) is 4.72. The summed E-state index contributed by atoms with van der Waals surface area (Å²) in [4.78, 5) is 58.9. The molecule has 0 radical (unpaired) electrons. The number of carbonyl (C=O) groups is 3. The Morgan fingerprint density at radius 2 is 1.71 bits per heavy atom. The highest BCUT2D eigenvalue weighted by Crippen LogP contribution is 2.49. The number of esters is 2. The number of rotatable bonds is 20. The third kappa shape index (κ3) is 12.1. The zero-order valence-corrected chi connectivity index (χ0v) is 40.7. The van der Waals surface area contributed by atoms with Crippen LogP contribution >= 0.6 is 22.9 Å². The summed E-state index contributed by atoms with van der Waals surface area (Å²) in [7, 11) is 3.09. The first-order chi connectivity index (χ1) is 33.2. The van der Waals surface area contributed by atoms with Crippen LogP contribution in [0.3, 0.4) is 0 Å². The number of nitrogens with zero attached hydrogens (tertiary/aromatic N) is 4. The van der Waals surface area contributed by atoms with Crippen molar-refractivity contribution in [2.45, 2.75) is 71.9 Å². The molecule has 0 aliphatic rings. The molecule has 0 fully saturated rings. The number of para-hydroxylation sites is 1. The molecule has 0 amide bonds. The van der Waals surface area contributed by atoms with Crippen molar-refractivity contribution in [3.63, 3.8) is 0 Å². The molecular weight excluding hydrogens is 925 g/mol. The van der Waals surface area contributed by atoms with E-state index in [1.165, 1.54) is 36.9 Å². The van der Waals surface area contributed by atoms with Crippen LogP contribution in [0.4, 0.5) is 4.39 Å². The summed E-state index contributed by atoms with van der Waals surface area (Å²) < 4.78 is 49.7. The highest BCUT2D eigenvalue weighted by Gasteiger charge is 2.30. The average Bonchev–Trinajstić information content (AvgIpc) is 3.73. The summed E-state index contributed by atoms with van der Waals surface area (Å²) in [5, 5.41) is 3.97. The lowest BCUT2D eigenvalue weighted by molar-refractivity contribution is -0.159. The fourth-order valence-corrected chi connectivity index (χ4v) is 8.85. The Labute approximate surface area is 408 Å². The molecule has 0 saturated heterocycles. The highest BCUT2D eigenvalue weighted by molar-refractivity contribution is 7.22. The Morgan fingerprint density at radius 1 is 0.928 bits per heavy atom. The molecule has 2 unspecified atom stereocenters. The van der Waals surface area contributed by atoms with Crippen molar-refractivity contribution in [1.82, 2.24) is 25.3 Å². The maximum absolute atomic E-state index is 14.3. The van der Waals surface area contributed by atoms with Gasteiger partial charge in [0, 0.05) is 42.3 Å². The summed E-state index contributed by atoms with van der Waals surface area (Å²) in [6.45, 7) is 9.22. The van der Waals surface area contributed by atoms with Gasteiger partial charge in [-0.25, -0.2) is 29.1 Å². The van der Waals surface area contributed by atoms with Gasteiger partial charge in [0.05, 0.1) is 42.0 Å². The summed E-state index contributed by atoms with van der Waals surface area (Å²) in [6.07, 6.45) is 2.30. The molecule has 7 aromatic rings. The number of methoxy groups -OCH3 is 2. The predicted molar refractivity (Wildman–Crippen MR) is 261 cm³/mol. The zero-order chi connectivity index (χ0) is 49.2. The van der Waals surface area contributed by atoms with Crippen LogP contribution < -0.4 is 19.5 Å². The lowest BCUT2D eigenvalue weighted by atomic mass is 9.95. The highest BCUT2D eigenvalue weighted by atomic mass is 35.5. The zero-order valence-electron chi connectivity index (χ0n) is 39.1. The Kier molecular flexibility index (Phi) is 16.3. The van der Waals surface area contributed by atoms with E-state index in [4.69, 9.17) is 45.0 Å². The van der Waals surface area contributed by atoms with E-state index in [-0.39, 0.29) is 43.7 Å². The monoisotopic (exact) mass is 975 g/mol. The number of aldehydes is 1. The van der Waals surface area contributed by atoms with Gasteiger partial charge in [-0.15, -0.1) is 11.3 Å². The van der Waals surface area contributed by atoms with Crippen LogP contribution in [0.15, 0.2) is 97.5 Å². The van der Waals surface area contributed by atoms with Crippen LogP contribution in [-0.2, 0) is 43.4 Å². The van der Waals surface area contributed by atoms with E-state index in [9.17, 15) is 18.8 Å². The molecular formula is C52H51ClFN5O9S. The van der Waals surface area contributed by atoms with Crippen LogP contribution in [0.1, 0.15) is 60.4 Å². The first-order valence-corrected chi connectivity index (χ1v) is 23.2. The Bertz CT molecular complexity index is 2960. The molecule has 17 heteroatoms. The quantitative estimate of drug-likeness (QED) is 0.0565. The van der Waals surface area contributed by atoms with Crippen LogP contribution in [-0.4, -0.2) is 83.3 Å². The Balaban J connectivity index is 1.29. The second-order valence-electron chi connectivity index (χ2n) is 16.7. The molecule has 3 heterocycles. The molecule has 0 spiro atoms. The van der Waals surface area contributed by atoms with E-state index in [1.807, 2.05) is 36.4 Å². The van der Waals surface area contributed by atoms with E-state index >= 15 is 0 Å².